The highest BCUT2D eigenvalue weighted by atomic mass is 19.1. The number of benzene rings is 2. The Morgan fingerprint density at radius 3 is 1.90 bits per heavy atom. The lowest BCUT2D eigenvalue weighted by molar-refractivity contribution is 0.103. The van der Waals surface area contributed by atoms with Gasteiger partial charge in [0.25, 0.3) is 0 Å². The second-order valence-corrected chi connectivity index (χ2v) is 5.18. The van der Waals surface area contributed by atoms with Crippen molar-refractivity contribution in [3.8, 4) is 0 Å². The smallest absolute Gasteiger partial charge is 0.196 e. The maximum absolute atomic E-state index is 13.8. The van der Waals surface area contributed by atoms with Crippen LogP contribution in [-0.2, 0) is 0 Å². The topological polar surface area (TPSA) is 17.1 Å². The Kier molecular flexibility index (Phi) is 3.71. The van der Waals surface area contributed by atoms with Crippen molar-refractivity contribution in [3.63, 3.8) is 0 Å². The quantitative estimate of drug-likeness (QED) is 0.740. The molecule has 2 aromatic carbocycles. The molecule has 0 bridgehead atoms. The van der Waals surface area contributed by atoms with Gasteiger partial charge in [0, 0.05) is 11.6 Å². The van der Waals surface area contributed by atoms with E-state index in [0.29, 0.717) is 5.56 Å². The van der Waals surface area contributed by atoms with Gasteiger partial charge in [0.05, 0.1) is 5.56 Å². The first-order valence-electron chi connectivity index (χ1n) is 6.39. The van der Waals surface area contributed by atoms with E-state index in [1.165, 1.54) is 13.0 Å². The van der Waals surface area contributed by atoms with Gasteiger partial charge in [-0.2, -0.15) is 0 Å². The Hall–Kier alpha value is -2.03. The summed E-state index contributed by atoms with van der Waals surface area (Å²) in [6, 6.07) is 5.80. The van der Waals surface area contributed by atoms with Gasteiger partial charge in [0.1, 0.15) is 11.6 Å². The molecule has 0 saturated heterocycles. The zero-order chi connectivity index (χ0) is 15.0. The van der Waals surface area contributed by atoms with Crippen LogP contribution in [0.15, 0.2) is 24.3 Å². The van der Waals surface area contributed by atoms with Gasteiger partial charge in [-0.3, -0.25) is 4.79 Å². The molecule has 0 spiro atoms. The van der Waals surface area contributed by atoms with E-state index in [4.69, 9.17) is 0 Å². The van der Waals surface area contributed by atoms with Gasteiger partial charge in [-0.25, -0.2) is 8.78 Å². The molecule has 1 nitrogen and oxygen atoms in total. The van der Waals surface area contributed by atoms with Crippen molar-refractivity contribution in [3.05, 3.63) is 69.3 Å². The molecule has 0 unspecified atom stereocenters. The minimum Gasteiger partial charge on any atom is -0.288 e. The molecule has 2 rings (SSSR count). The van der Waals surface area contributed by atoms with Gasteiger partial charge < -0.3 is 0 Å². The second kappa shape index (κ2) is 5.16. The average Bonchev–Trinajstić information content (AvgIpc) is 2.32. The summed E-state index contributed by atoms with van der Waals surface area (Å²) >= 11 is 0. The molecule has 0 amide bonds. The Bertz CT molecular complexity index is 679. The van der Waals surface area contributed by atoms with Crippen LogP contribution in [0.4, 0.5) is 8.78 Å². The molecule has 0 aliphatic heterocycles. The molecule has 3 heteroatoms. The maximum Gasteiger partial charge on any atom is 0.196 e. The van der Waals surface area contributed by atoms with E-state index < -0.39 is 17.4 Å². The molecular formula is C17H16F2O. The van der Waals surface area contributed by atoms with Crippen LogP contribution in [0.5, 0.6) is 0 Å². The van der Waals surface area contributed by atoms with E-state index in [-0.39, 0.29) is 11.1 Å². The molecule has 0 fully saturated rings. The van der Waals surface area contributed by atoms with Crippen LogP contribution in [0.3, 0.4) is 0 Å². The number of ketones is 1. The minimum absolute atomic E-state index is 0.0843. The Labute approximate surface area is 117 Å². The molecule has 0 aliphatic rings. The molecule has 0 radical (unpaired) electrons. The lowest BCUT2D eigenvalue weighted by Crippen LogP contribution is -2.10. The zero-order valence-corrected chi connectivity index (χ0v) is 12.0. The van der Waals surface area contributed by atoms with E-state index in [0.717, 1.165) is 22.8 Å². The first-order valence-corrected chi connectivity index (χ1v) is 6.39. The summed E-state index contributed by atoms with van der Waals surface area (Å²) in [6.45, 7) is 7.10. The van der Waals surface area contributed by atoms with E-state index >= 15 is 0 Å². The molecule has 0 heterocycles. The third-order valence-corrected chi connectivity index (χ3v) is 3.40. The maximum atomic E-state index is 13.8. The highest BCUT2D eigenvalue weighted by Gasteiger charge is 2.19. The Balaban J connectivity index is 2.61. The summed E-state index contributed by atoms with van der Waals surface area (Å²) in [7, 11) is 0. The van der Waals surface area contributed by atoms with Crippen LogP contribution < -0.4 is 0 Å². The van der Waals surface area contributed by atoms with Crippen LogP contribution in [0.2, 0.25) is 0 Å². The fourth-order valence-electron chi connectivity index (χ4n) is 2.50. The van der Waals surface area contributed by atoms with Crippen molar-refractivity contribution in [1.29, 1.82) is 0 Å². The van der Waals surface area contributed by atoms with Gasteiger partial charge >= 0.3 is 0 Å². The highest BCUT2D eigenvalue weighted by molar-refractivity contribution is 6.11. The molecule has 0 aliphatic carbocycles. The summed E-state index contributed by atoms with van der Waals surface area (Å²) in [6.07, 6.45) is 0. The predicted octanol–water partition coefficient (Wildman–Crippen LogP) is 4.43. The van der Waals surface area contributed by atoms with E-state index in [1.807, 2.05) is 32.9 Å². The van der Waals surface area contributed by atoms with Crippen molar-refractivity contribution in [2.24, 2.45) is 0 Å². The lowest BCUT2D eigenvalue weighted by atomic mass is 9.92. The first-order chi connectivity index (χ1) is 9.31. The molecule has 2 aromatic rings. The SMILES string of the molecule is Cc1cc(C)c(C(=O)c2cc(C)c(F)cc2F)c(C)c1. The highest BCUT2D eigenvalue weighted by Crippen LogP contribution is 2.23. The Morgan fingerprint density at radius 1 is 0.800 bits per heavy atom. The zero-order valence-electron chi connectivity index (χ0n) is 12.0. The number of carbonyl (C=O) groups is 1. The standard InChI is InChI=1S/C17H16F2O/c1-9-5-11(3)16(12(4)6-9)17(20)13-7-10(2)14(18)8-15(13)19/h5-8H,1-4H3. The van der Waals surface area contributed by atoms with Crippen LogP contribution in [-0.4, -0.2) is 5.78 Å². The van der Waals surface area contributed by atoms with E-state index in [2.05, 4.69) is 0 Å². The lowest BCUT2D eigenvalue weighted by Gasteiger charge is -2.11. The third kappa shape index (κ3) is 2.48. The molecule has 104 valence electrons. The predicted molar refractivity (Wildman–Crippen MR) is 75.2 cm³/mol. The summed E-state index contributed by atoms with van der Waals surface area (Å²) in [5.74, 6) is -1.87. The molecule has 0 aromatic heterocycles. The van der Waals surface area contributed by atoms with Crippen LogP contribution >= 0.6 is 0 Å². The minimum atomic E-state index is -0.822. The number of halogens is 2. The number of hydrogen-bond acceptors (Lipinski definition) is 1. The largest absolute Gasteiger partial charge is 0.288 e. The second-order valence-electron chi connectivity index (χ2n) is 5.18. The molecule has 0 atom stereocenters. The van der Waals surface area contributed by atoms with Gasteiger partial charge in [-0.05, 0) is 50.5 Å². The Morgan fingerprint density at radius 2 is 1.35 bits per heavy atom. The van der Waals surface area contributed by atoms with Crippen molar-refractivity contribution in [2.45, 2.75) is 27.7 Å². The number of rotatable bonds is 2. The summed E-state index contributed by atoms with van der Waals surface area (Å²) in [5.41, 5.74) is 3.31. The molecule has 0 N–H and O–H groups in total. The van der Waals surface area contributed by atoms with Gasteiger partial charge in [-0.15, -0.1) is 0 Å². The molecular weight excluding hydrogens is 258 g/mol. The van der Waals surface area contributed by atoms with E-state index in [9.17, 15) is 13.6 Å². The summed E-state index contributed by atoms with van der Waals surface area (Å²) in [5, 5.41) is 0. The number of aryl methyl sites for hydroxylation is 4. The van der Waals surface area contributed by atoms with Gasteiger partial charge in [0.15, 0.2) is 5.78 Å². The summed E-state index contributed by atoms with van der Waals surface area (Å²) in [4.78, 5) is 12.5. The van der Waals surface area contributed by atoms with Crippen molar-refractivity contribution in [2.75, 3.05) is 0 Å². The molecule has 0 saturated carbocycles. The van der Waals surface area contributed by atoms with Gasteiger partial charge in [0.2, 0.25) is 0 Å². The van der Waals surface area contributed by atoms with Crippen LogP contribution in [0.1, 0.15) is 38.2 Å². The van der Waals surface area contributed by atoms with Crippen LogP contribution in [0.25, 0.3) is 0 Å². The summed E-state index contributed by atoms with van der Waals surface area (Å²) < 4.78 is 27.1. The molecule has 20 heavy (non-hydrogen) atoms. The normalized spacial score (nSPS) is 10.7. The number of hydrogen-bond donors (Lipinski definition) is 0. The fourth-order valence-corrected chi connectivity index (χ4v) is 2.50. The van der Waals surface area contributed by atoms with Crippen molar-refractivity contribution >= 4 is 5.78 Å². The monoisotopic (exact) mass is 274 g/mol. The van der Waals surface area contributed by atoms with Crippen LogP contribution in [0, 0.1) is 39.3 Å². The van der Waals surface area contributed by atoms with E-state index in [1.54, 1.807) is 0 Å². The first kappa shape index (κ1) is 14.4. The van der Waals surface area contributed by atoms with Crippen molar-refractivity contribution < 1.29 is 13.6 Å². The number of carbonyl (C=O) groups excluding carboxylic acids is 1. The average molecular weight is 274 g/mol. The van der Waals surface area contributed by atoms with Crippen molar-refractivity contribution in [1.82, 2.24) is 0 Å². The fraction of sp³-hybridized carbons (Fsp3) is 0.235. The third-order valence-electron chi connectivity index (χ3n) is 3.40. The van der Waals surface area contributed by atoms with Gasteiger partial charge in [-0.1, -0.05) is 17.7 Å².